The van der Waals surface area contributed by atoms with Crippen LogP contribution in [0.25, 0.3) is 0 Å². The molecule has 1 aromatic carbocycles. The van der Waals surface area contributed by atoms with E-state index in [1.807, 2.05) is 6.92 Å². The van der Waals surface area contributed by atoms with Crippen LogP contribution in [0.15, 0.2) is 18.2 Å². The van der Waals surface area contributed by atoms with Crippen molar-refractivity contribution in [3.05, 3.63) is 24.0 Å². The van der Waals surface area contributed by atoms with Gasteiger partial charge in [-0.05, 0) is 31.0 Å². The highest BCUT2D eigenvalue weighted by molar-refractivity contribution is 5.55. The molecule has 0 aliphatic heterocycles. The molecule has 0 saturated carbocycles. The molecule has 1 aromatic rings. The zero-order valence-electron chi connectivity index (χ0n) is 8.83. The monoisotopic (exact) mass is 212 g/mol. The van der Waals surface area contributed by atoms with Crippen LogP contribution in [0.2, 0.25) is 0 Å². The number of nitrogens with one attached hydrogen (secondary N) is 1. The number of hydrogen-bond donors (Lipinski definition) is 3. The largest absolute Gasteiger partial charge is 0.399 e. The summed E-state index contributed by atoms with van der Waals surface area (Å²) in [7, 11) is 0. The molecule has 0 saturated heterocycles. The lowest BCUT2D eigenvalue weighted by Crippen LogP contribution is -2.19. The molecule has 0 amide bonds. The number of aliphatic hydroxyl groups is 1. The highest BCUT2D eigenvalue weighted by atomic mass is 19.1. The molecule has 1 rings (SSSR count). The van der Waals surface area contributed by atoms with Gasteiger partial charge in [0.05, 0.1) is 0 Å². The van der Waals surface area contributed by atoms with E-state index in [4.69, 9.17) is 10.8 Å². The lowest BCUT2D eigenvalue weighted by atomic mass is 10.1. The fourth-order valence-corrected chi connectivity index (χ4v) is 1.47. The van der Waals surface area contributed by atoms with Gasteiger partial charge in [-0.2, -0.15) is 0 Å². The van der Waals surface area contributed by atoms with Crippen LogP contribution in [0.3, 0.4) is 0 Å². The first kappa shape index (κ1) is 11.8. The van der Waals surface area contributed by atoms with Gasteiger partial charge in [-0.3, -0.25) is 0 Å². The van der Waals surface area contributed by atoms with Gasteiger partial charge >= 0.3 is 0 Å². The lowest BCUT2D eigenvalue weighted by Gasteiger charge is -2.17. The number of nitrogen functional groups attached to an aromatic ring is 1. The molecule has 0 aliphatic carbocycles. The summed E-state index contributed by atoms with van der Waals surface area (Å²) in [4.78, 5) is 0. The summed E-state index contributed by atoms with van der Waals surface area (Å²) >= 11 is 0. The van der Waals surface area contributed by atoms with E-state index in [9.17, 15) is 4.39 Å². The predicted octanol–water partition coefficient (Wildman–Crippen LogP) is 1.98. The summed E-state index contributed by atoms with van der Waals surface area (Å²) in [6.07, 6.45) is 1.52. The number of aliphatic hydroxyl groups excluding tert-OH is 1. The molecule has 15 heavy (non-hydrogen) atoms. The molecular weight excluding hydrogens is 195 g/mol. The second-order valence-corrected chi connectivity index (χ2v) is 3.54. The van der Waals surface area contributed by atoms with E-state index in [0.29, 0.717) is 17.8 Å². The average molecular weight is 212 g/mol. The average Bonchev–Trinajstić information content (AvgIpc) is 2.15. The minimum absolute atomic E-state index is 0.121. The molecule has 0 fully saturated rings. The normalized spacial score (nSPS) is 12.5. The number of nitrogens with two attached hydrogens (primary N) is 1. The van der Waals surface area contributed by atoms with Crippen LogP contribution in [0, 0.1) is 5.82 Å². The Morgan fingerprint density at radius 2 is 2.20 bits per heavy atom. The Balaban J connectivity index is 2.69. The SMILES string of the molecule is CCC(CCO)Nc1cc(N)cc(F)c1. The summed E-state index contributed by atoms with van der Waals surface area (Å²) in [5.41, 5.74) is 6.58. The van der Waals surface area contributed by atoms with Crippen molar-refractivity contribution in [2.45, 2.75) is 25.8 Å². The minimum atomic E-state index is -0.351. The van der Waals surface area contributed by atoms with Gasteiger partial charge in [-0.1, -0.05) is 6.92 Å². The maximum atomic E-state index is 13.0. The fourth-order valence-electron chi connectivity index (χ4n) is 1.47. The molecule has 4 heteroatoms. The van der Waals surface area contributed by atoms with Crippen LogP contribution in [0.5, 0.6) is 0 Å². The van der Waals surface area contributed by atoms with Gasteiger partial charge in [-0.15, -0.1) is 0 Å². The van der Waals surface area contributed by atoms with Crippen LogP contribution in [0.4, 0.5) is 15.8 Å². The molecule has 0 aliphatic rings. The molecule has 0 aromatic heterocycles. The molecular formula is C11H17FN2O. The summed E-state index contributed by atoms with van der Waals surface area (Å²) in [6, 6.07) is 4.51. The maximum Gasteiger partial charge on any atom is 0.127 e. The molecule has 3 nitrogen and oxygen atoms in total. The van der Waals surface area contributed by atoms with E-state index < -0.39 is 0 Å². The summed E-state index contributed by atoms with van der Waals surface area (Å²) in [5.74, 6) is -0.351. The van der Waals surface area contributed by atoms with E-state index in [1.165, 1.54) is 12.1 Å². The Bertz CT molecular complexity index is 297. The molecule has 0 spiro atoms. The smallest absolute Gasteiger partial charge is 0.127 e. The van der Waals surface area contributed by atoms with Crippen molar-refractivity contribution in [2.24, 2.45) is 0 Å². The van der Waals surface area contributed by atoms with Gasteiger partial charge in [0.1, 0.15) is 5.82 Å². The van der Waals surface area contributed by atoms with Crippen LogP contribution in [-0.4, -0.2) is 17.8 Å². The third-order valence-electron chi connectivity index (χ3n) is 2.26. The van der Waals surface area contributed by atoms with E-state index in [2.05, 4.69) is 5.32 Å². The predicted molar refractivity (Wildman–Crippen MR) is 60.2 cm³/mol. The van der Waals surface area contributed by atoms with Gasteiger partial charge in [0.2, 0.25) is 0 Å². The van der Waals surface area contributed by atoms with Crippen LogP contribution in [0.1, 0.15) is 19.8 Å². The van der Waals surface area contributed by atoms with E-state index in [-0.39, 0.29) is 18.5 Å². The van der Waals surface area contributed by atoms with Crippen LogP contribution in [-0.2, 0) is 0 Å². The summed E-state index contributed by atoms with van der Waals surface area (Å²) in [5, 5.41) is 11.9. The van der Waals surface area contributed by atoms with Crippen molar-refractivity contribution >= 4 is 11.4 Å². The maximum absolute atomic E-state index is 13.0. The second kappa shape index (κ2) is 5.56. The Morgan fingerprint density at radius 3 is 2.73 bits per heavy atom. The Morgan fingerprint density at radius 1 is 1.47 bits per heavy atom. The first-order valence-electron chi connectivity index (χ1n) is 5.09. The minimum Gasteiger partial charge on any atom is -0.399 e. The highest BCUT2D eigenvalue weighted by Crippen LogP contribution is 2.17. The highest BCUT2D eigenvalue weighted by Gasteiger charge is 2.06. The molecule has 0 bridgehead atoms. The van der Waals surface area contributed by atoms with Gasteiger partial charge < -0.3 is 16.2 Å². The van der Waals surface area contributed by atoms with Gasteiger partial charge in [0.15, 0.2) is 0 Å². The number of hydrogen-bond acceptors (Lipinski definition) is 3. The summed E-state index contributed by atoms with van der Waals surface area (Å²) < 4.78 is 13.0. The van der Waals surface area contributed by atoms with Gasteiger partial charge in [-0.25, -0.2) is 4.39 Å². The first-order chi connectivity index (χ1) is 7.15. The Kier molecular flexibility index (Phi) is 4.37. The van der Waals surface area contributed by atoms with Crippen LogP contribution >= 0.6 is 0 Å². The zero-order valence-corrected chi connectivity index (χ0v) is 8.83. The quantitative estimate of drug-likeness (QED) is 0.654. The Labute approximate surface area is 89.1 Å². The topological polar surface area (TPSA) is 58.3 Å². The third kappa shape index (κ3) is 3.75. The van der Waals surface area contributed by atoms with E-state index in [1.54, 1.807) is 6.07 Å². The van der Waals surface area contributed by atoms with Crippen LogP contribution < -0.4 is 11.1 Å². The molecule has 1 atom stereocenters. The van der Waals surface area contributed by atoms with E-state index in [0.717, 1.165) is 6.42 Å². The van der Waals surface area contributed by atoms with Crippen molar-refractivity contribution in [3.63, 3.8) is 0 Å². The Hall–Kier alpha value is -1.29. The van der Waals surface area contributed by atoms with Crippen molar-refractivity contribution in [1.29, 1.82) is 0 Å². The van der Waals surface area contributed by atoms with Crippen molar-refractivity contribution < 1.29 is 9.50 Å². The second-order valence-electron chi connectivity index (χ2n) is 3.54. The third-order valence-corrected chi connectivity index (χ3v) is 2.26. The van der Waals surface area contributed by atoms with Gasteiger partial charge in [0.25, 0.3) is 0 Å². The standard InChI is InChI=1S/C11H17FN2O/c1-2-10(3-4-15)14-11-6-8(12)5-9(13)7-11/h5-7,10,14-15H,2-4,13H2,1H3. The number of anilines is 2. The molecule has 4 N–H and O–H groups in total. The van der Waals surface area contributed by atoms with Crippen molar-refractivity contribution in [2.75, 3.05) is 17.7 Å². The van der Waals surface area contributed by atoms with Gasteiger partial charge in [0, 0.05) is 24.0 Å². The first-order valence-corrected chi connectivity index (χ1v) is 5.09. The van der Waals surface area contributed by atoms with E-state index >= 15 is 0 Å². The summed E-state index contributed by atoms with van der Waals surface area (Å²) in [6.45, 7) is 2.13. The molecule has 0 heterocycles. The number of halogens is 1. The number of rotatable bonds is 5. The molecule has 1 unspecified atom stereocenters. The molecule has 0 radical (unpaired) electrons. The zero-order chi connectivity index (χ0) is 11.3. The lowest BCUT2D eigenvalue weighted by molar-refractivity contribution is 0.278. The van der Waals surface area contributed by atoms with Crippen molar-refractivity contribution in [3.8, 4) is 0 Å². The molecule has 84 valence electrons. The fraction of sp³-hybridized carbons (Fsp3) is 0.455. The number of benzene rings is 1. The van der Waals surface area contributed by atoms with Crippen molar-refractivity contribution in [1.82, 2.24) is 0 Å².